The summed E-state index contributed by atoms with van der Waals surface area (Å²) in [5, 5.41) is 0.604. The molecule has 3 rings (SSSR count). The molecule has 0 saturated carbocycles. The molecule has 24 heavy (non-hydrogen) atoms. The third-order valence-electron chi connectivity index (χ3n) is 3.85. The number of hydrogen-bond donors (Lipinski definition) is 0. The Balaban J connectivity index is 2.34. The van der Waals surface area contributed by atoms with E-state index in [0.29, 0.717) is 21.8 Å². The predicted molar refractivity (Wildman–Crippen MR) is 94.4 cm³/mol. The first-order valence-electron chi connectivity index (χ1n) is 7.60. The van der Waals surface area contributed by atoms with Crippen LogP contribution in [-0.2, 0) is 4.74 Å². The second-order valence-corrected chi connectivity index (χ2v) is 5.85. The molecular weight excluding hydrogens is 326 g/mol. The van der Waals surface area contributed by atoms with Gasteiger partial charge in [0, 0.05) is 28.2 Å². The Hall–Kier alpha value is -2.59. The maximum Gasteiger partial charge on any atom is 0.340 e. The average molecular weight is 342 g/mol. The molecule has 0 spiro atoms. The minimum Gasteiger partial charge on any atom is -0.462 e. The van der Waals surface area contributed by atoms with Gasteiger partial charge in [-0.2, -0.15) is 0 Å². The van der Waals surface area contributed by atoms with E-state index in [4.69, 9.17) is 16.3 Å². The molecule has 0 fully saturated rings. The second-order valence-electron chi connectivity index (χ2n) is 5.41. The normalized spacial score (nSPS) is 10.8. The van der Waals surface area contributed by atoms with Crippen molar-refractivity contribution in [3.05, 3.63) is 75.2 Å². The molecule has 2 aliphatic rings. The van der Waals surface area contributed by atoms with E-state index in [1.807, 2.05) is 35.9 Å². The minimum atomic E-state index is -0.443. The molecule has 1 aromatic rings. The zero-order valence-corrected chi connectivity index (χ0v) is 14.1. The first-order valence-corrected chi connectivity index (χ1v) is 7.98. The lowest BCUT2D eigenvalue weighted by atomic mass is 9.97. The van der Waals surface area contributed by atoms with E-state index in [9.17, 15) is 9.59 Å². The Kier molecular flexibility index (Phi) is 4.40. The Morgan fingerprint density at radius 2 is 2.00 bits per heavy atom. The van der Waals surface area contributed by atoms with Crippen molar-refractivity contribution in [1.82, 2.24) is 4.57 Å². The summed E-state index contributed by atoms with van der Waals surface area (Å²) < 4.78 is 7.07. The SMILES string of the molecule is CCOC(=O)c1c2cc(=O)ccc-2cn(-c2cccc(Cl)c2)c1C. The number of rotatable bonds is 3. The highest BCUT2D eigenvalue weighted by Crippen LogP contribution is 2.30. The van der Waals surface area contributed by atoms with E-state index in [-0.39, 0.29) is 12.0 Å². The van der Waals surface area contributed by atoms with E-state index in [1.54, 1.807) is 19.1 Å². The fourth-order valence-corrected chi connectivity index (χ4v) is 2.96. The van der Waals surface area contributed by atoms with Crippen LogP contribution in [0.1, 0.15) is 23.0 Å². The molecule has 1 aliphatic carbocycles. The highest BCUT2D eigenvalue weighted by Gasteiger charge is 2.21. The lowest BCUT2D eigenvalue weighted by Gasteiger charge is -2.20. The molecule has 0 N–H and O–H groups in total. The van der Waals surface area contributed by atoms with Crippen LogP contribution in [0.4, 0.5) is 0 Å². The molecule has 5 heteroatoms. The summed E-state index contributed by atoms with van der Waals surface area (Å²) in [4.78, 5) is 24.2. The van der Waals surface area contributed by atoms with Gasteiger partial charge in [0.1, 0.15) is 0 Å². The molecule has 0 unspecified atom stereocenters. The van der Waals surface area contributed by atoms with Crippen LogP contribution in [-0.4, -0.2) is 17.1 Å². The van der Waals surface area contributed by atoms with Crippen molar-refractivity contribution < 1.29 is 9.53 Å². The number of esters is 1. The highest BCUT2D eigenvalue weighted by molar-refractivity contribution is 6.30. The maximum absolute atomic E-state index is 12.5. The summed E-state index contributed by atoms with van der Waals surface area (Å²) in [6.45, 7) is 3.84. The van der Waals surface area contributed by atoms with Crippen molar-refractivity contribution in [1.29, 1.82) is 0 Å². The van der Waals surface area contributed by atoms with Crippen molar-refractivity contribution in [2.45, 2.75) is 13.8 Å². The molecular formula is C19H16ClNO3. The Morgan fingerprint density at radius 3 is 2.71 bits per heavy atom. The lowest BCUT2D eigenvalue weighted by molar-refractivity contribution is 0.0525. The van der Waals surface area contributed by atoms with Gasteiger partial charge < -0.3 is 9.30 Å². The summed E-state index contributed by atoms with van der Waals surface area (Å²) in [7, 11) is 0. The van der Waals surface area contributed by atoms with Gasteiger partial charge in [0.25, 0.3) is 0 Å². The molecule has 1 aliphatic heterocycles. The van der Waals surface area contributed by atoms with Crippen molar-refractivity contribution in [2.24, 2.45) is 0 Å². The third-order valence-corrected chi connectivity index (χ3v) is 4.09. The molecule has 0 atom stereocenters. The number of benzene rings is 2. The number of carbonyl (C=O) groups excluding carboxylic acids is 1. The number of fused-ring (bicyclic) bond motifs is 1. The van der Waals surface area contributed by atoms with Gasteiger partial charge in [0.2, 0.25) is 0 Å². The predicted octanol–water partition coefficient (Wildman–Crippen LogP) is 4.08. The molecule has 1 aromatic carbocycles. The minimum absolute atomic E-state index is 0.145. The maximum atomic E-state index is 12.5. The number of halogens is 1. The smallest absolute Gasteiger partial charge is 0.340 e. The highest BCUT2D eigenvalue weighted by atomic mass is 35.5. The molecule has 0 bridgehead atoms. The lowest BCUT2D eigenvalue weighted by Crippen LogP contribution is -2.16. The molecule has 1 heterocycles. The van der Waals surface area contributed by atoms with Gasteiger partial charge in [-0.1, -0.05) is 17.7 Å². The zero-order chi connectivity index (χ0) is 17.3. The quantitative estimate of drug-likeness (QED) is 0.674. The fraction of sp³-hybridized carbons (Fsp3) is 0.158. The third kappa shape index (κ3) is 2.93. The first kappa shape index (κ1) is 16.3. The van der Waals surface area contributed by atoms with Crippen LogP contribution in [0, 0.1) is 6.92 Å². The number of hydrogen-bond acceptors (Lipinski definition) is 3. The number of ether oxygens (including phenoxy) is 1. The monoisotopic (exact) mass is 341 g/mol. The van der Waals surface area contributed by atoms with Gasteiger partial charge in [-0.25, -0.2) is 4.79 Å². The van der Waals surface area contributed by atoms with Crippen molar-refractivity contribution in [3.63, 3.8) is 0 Å². The topological polar surface area (TPSA) is 48.3 Å². The number of aromatic nitrogens is 1. The van der Waals surface area contributed by atoms with E-state index in [2.05, 4.69) is 0 Å². The number of carbonyl (C=O) groups is 1. The number of pyridine rings is 1. The summed E-state index contributed by atoms with van der Waals surface area (Å²) in [6.07, 6.45) is 1.89. The van der Waals surface area contributed by atoms with Crippen LogP contribution >= 0.6 is 11.6 Å². The van der Waals surface area contributed by atoms with Gasteiger partial charge in [-0.05, 0) is 55.8 Å². The van der Waals surface area contributed by atoms with E-state index in [0.717, 1.165) is 11.3 Å². The van der Waals surface area contributed by atoms with Crippen LogP contribution in [0.15, 0.2) is 53.5 Å². The second kappa shape index (κ2) is 6.49. The van der Waals surface area contributed by atoms with Gasteiger partial charge >= 0.3 is 5.97 Å². The molecule has 4 nitrogen and oxygen atoms in total. The number of nitrogens with zero attached hydrogens (tertiary/aromatic N) is 1. The fourth-order valence-electron chi connectivity index (χ4n) is 2.77. The Labute approximate surface area is 144 Å². The standard InChI is InChI=1S/C19H16ClNO3/c1-3-24-19(23)18-12(2)21(15-6-4-5-14(20)9-15)11-13-7-8-16(22)10-17(13)18/h4-11H,3H2,1-2H3. The van der Waals surface area contributed by atoms with Crippen LogP contribution in [0.2, 0.25) is 5.02 Å². The first-order chi connectivity index (χ1) is 11.5. The van der Waals surface area contributed by atoms with Crippen molar-refractivity contribution >= 4 is 17.6 Å². The molecule has 0 radical (unpaired) electrons. The van der Waals surface area contributed by atoms with Gasteiger partial charge in [0.05, 0.1) is 12.2 Å². The molecule has 0 aromatic heterocycles. The summed E-state index contributed by atoms with van der Waals surface area (Å²) in [5.74, 6) is -0.443. The molecule has 0 saturated heterocycles. The van der Waals surface area contributed by atoms with Crippen molar-refractivity contribution in [2.75, 3.05) is 6.61 Å². The van der Waals surface area contributed by atoms with Gasteiger partial charge in [0.15, 0.2) is 5.43 Å². The van der Waals surface area contributed by atoms with Gasteiger partial charge in [-0.15, -0.1) is 0 Å². The van der Waals surface area contributed by atoms with Crippen LogP contribution < -0.4 is 5.43 Å². The van der Waals surface area contributed by atoms with Crippen molar-refractivity contribution in [3.8, 4) is 16.8 Å². The molecule has 0 amide bonds. The summed E-state index contributed by atoms with van der Waals surface area (Å²) >= 11 is 6.09. The summed E-state index contributed by atoms with van der Waals surface area (Å²) in [5.41, 5.74) is 3.15. The van der Waals surface area contributed by atoms with Crippen LogP contribution in [0.3, 0.4) is 0 Å². The Bertz CT molecular complexity index is 946. The van der Waals surface area contributed by atoms with Crippen LogP contribution in [0.5, 0.6) is 0 Å². The average Bonchev–Trinajstić information content (AvgIpc) is 2.54. The van der Waals surface area contributed by atoms with E-state index in [1.165, 1.54) is 12.1 Å². The van der Waals surface area contributed by atoms with Crippen LogP contribution in [0.25, 0.3) is 16.8 Å². The largest absolute Gasteiger partial charge is 0.462 e. The van der Waals surface area contributed by atoms with E-state index < -0.39 is 5.97 Å². The zero-order valence-electron chi connectivity index (χ0n) is 13.4. The van der Waals surface area contributed by atoms with Gasteiger partial charge in [-0.3, -0.25) is 4.79 Å². The van der Waals surface area contributed by atoms with E-state index >= 15 is 0 Å². The molecule has 122 valence electrons. The Morgan fingerprint density at radius 1 is 1.21 bits per heavy atom. The summed E-state index contributed by atoms with van der Waals surface area (Å²) in [6, 6.07) is 12.0.